The van der Waals surface area contributed by atoms with E-state index in [1.807, 2.05) is 45.0 Å². The van der Waals surface area contributed by atoms with Crippen molar-refractivity contribution >= 4 is 22.0 Å². The topological polar surface area (TPSA) is 125 Å². The van der Waals surface area contributed by atoms with Gasteiger partial charge in [-0.1, -0.05) is 83.0 Å². The Morgan fingerprint density at radius 1 is 0.933 bits per heavy atom. The second-order valence-electron chi connectivity index (χ2n) is 14.3. The zero-order valence-corrected chi connectivity index (χ0v) is 29.5. The van der Waals surface area contributed by atoms with Crippen LogP contribution >= 0.6 is 0 Å². The molecule has 0 aliphatic rings. The predicted molar refractivity (Wildman–Crippen MR) is 180 cm³/mol. The third-order valence-electron chi connectivity index (χ3n) is 7.32. The molecule has 2 rings (SSSR count). The highest BCUT2D eigenvalue weighted by Crippen LogP contribution is 2.24. The number of alkyl carbamates (subject to hydrolysis) is 1. The van der Waals surface area contributed by atoms with Gasteiger partial charge in [-0.3, -0.25) is 4.79 Å². The molecule has 10 heteroatoms. The number of carbonyl (C=O) groups is 2. The van der Waals surface area contributed by atoms with Crippen LogP contribution in [0, 0.1) is 12.8 Å². The van der Waals surface area contributed by atoms with Crippen molar-refractivity contribution < 1.29 is 27.9 Å². The fourth-order valence-electron chi connectivity index (χ4n) is 4.85. The number of nitrogens with one attached hydrogen (secondary N) is 2. The van der Waals surface area contributed by atoms with Gasteiger partial charge in [-0.25, -0.2) is 13.2 Å². The molecule has 252 valence electrons. The minimum Gasteiger partial charge on any atom is -0.444 e. The van der Waals surface area contributed by atoms with Crippen LogP contribution in [0.1, 0.15) is 91.3 Å². The van der Waals surface area contributed by atoms with Gasteiger partial charge >= 0.3 is 6.09 Å². The van der Waals surface area contributed by atoms with E-state index in [0.717, 1.165) is 11.1 Å². The summed E-state index contributed by atoms with van der Waals surface area (Å²) in [6.45, 7) is 17.8. The lowest BCUT2D eigenvalue weighted by molar-refractivity contribution is -0.123. The van der Waals surface area contributed by atoms with Crippen molar-refractivity contribution in [2.75, 3.05) is 19.7 Å². The Labute approximate surface area is 271 Å². The van der Waals surface area contributed by atoms with Crippen LogP contribution in [0.2, 0.25) is 0 Å². The molecule has 9 nitrogen and oxygen atoms in total. The molecule has 2 amide bonds. The maximum absolute atomic E-state index is 13.5. The van der Waals surface area contributed by atoms with Crippen LogP contribution in [0.25, 0.3) is 0 Å². The first-order chi connectivity index (χ1) is 20.8. The molecule has 2 atom stereocenters. The maximum Gasteiger partial charge on any atom is 0.408 e. The largest absolute Gasteiger partial charge is 0.444 e. The molecule has 3 N–H and O–H groups in total. The number of carbonyl (C=O) groups excluding carboxylic acids is 2. The van der Waals surface area contributed by atoms with Gasteiger partial charge in [0, 0.05) is 25.6 Å². The van der Waals surface area contributed by atoms with Gasteiger partial charge in [0.05, 0.1) is 11.5 Å². The summed E-state index contributed by atoms with van der Waals surface area (Å²) < 4.78 is 33.9. The summed E-state index contributed by atoms with van der Waals surface area (Å²) in [7, 11) is -3.81. The average molecular weight is 646 g/mol. The number of hydrogen-bond donors (Lipinski definition) is 3. The number of benzene rings is 2. The molecule has 0 aliphatic carbocycles. The highest BCUT2D eigenvalue weighted by Gasteiger charge is 2.31. The first-order valence-corrected chi connectivity index (χ1v) is 17.3. The van der Waals surface area contributed by atoms with Crippen LogP contribution in [0.4, 0.5) is 4.79 Å². The third-order valence-corrected chi connectivity index (χ3v) is 9.25. The second kappa shape index (κ2) is 16.6. The van der Waals surface area contributed by atoms with Crippen LogP contribution in [0.15, 0.2) is 53.4 Å². The third kappa shape index (κ3) is 12.8. The molecule has 45 heavy (non-hydrogen) atoms. The monoisotopic (exact) mass is 645 g/mol. The molecule has 0 saturated heterocycles. The molecule has 0 fully saturated rings. The number of sulfonamides is 1. The second-order valence-corrected chi connectivity index (χ2v) is 16.1. The molecule has 0 aliphatic heterocycles. The van der Waals surface area contributed by atoms with Crippen molar-refractivity contribution in [3.05, 3.63) is 65.2 Å². The van der Waals surface area contributed by atoms with Crippen molar-refractivity contribution in [1.82, 2.24) is 14.9 Å². The van der Waals surface area contributed by atoms with Crippen LogP contribution in [0.5, 0.6) is 0 Å². The summed E-state index contributed by atoms with van der Waals surface area (Å²) in [5, 5.41) is 15.9. The van der Waals surface area contributed by atoms with E-state index in [1.165, 1.54) is 9.87 Å². The van der Waals surface area contributed by atoms with Crippen molar-refractivity contribution in [2.45, 2.75) is 116 Å². The zero-order chi connectivity index (χ0) is 34.0. The highest BCUT2D eigenvalue weighted by molar-refractivity contribution is 7.89. The first-order valence-electron chi connectivity index (χ1n) is 15.9. The van der Waals surface area contributed by atoms with Crippen molar-refractivity contribution in [2.24, 2.45) is 5.92 Å². The standard InChI is InChI=1S/C35H55N3O6S/c1-25(2)23-38(45(42,43)30-19-13-26(3)14-20-30)29(24-39)12-10-11-21-36-32(40)31(37-33(41)44-35(7,8)9)22-27-15-17-28(18-16-27)34(4,5)6/h13-20,25,29,31,39H,10-12,21-24H2,1-9H3,(H,36,40)(H,37,41)/t29-,31-/m0/s1. The number of amides is 2. The molecular formula is C35H55N3O6S. The number of rotatable bonds is 15. The summed E-state index contributed by atoms with van der Waals surface area (Å²) in [5.41, 5.74) is 2.33. The van der Waals surface area contributed by atoms with E-state index in [-0.39, 0.29) is 35.3 Å². The van der Waals surface area contributed by atoms with Gasteiger partial charge < -0.3 is 20.5 Å². The van der Waals surface area contributed by atoms with Crippen LogP contribution in [-0.2, 0) is 31.4 Å². The van der Waals surface area contributed by atoms with Gasteiger partial charge in [-0.15, -0.1) is 0 Å². The number of hydrogen-bond acceptors (Lipinski definition) is 6. The fraction of sp³-hybridized carbons (Fsp3) is 0.600. The van der Waals surface area contributed by atoms with E-state index in [2.05, 4.69) is 31.4 Å². The van der Waals surface area contributed by atoms with Crippen LogP contribution in [-0.4, -0.2) is 67.2 Å². The summed E-state index contributed by atoms with van der Waals surface area (Å²) in [4.78, 5) is 26.0. The molecule has 0 radical (unpaired) electrons. The first kappa shape index (κ1) is 38.2. The molecule has 2 aromatic carbocycles. The van der Waals surface area contributed by atoms with Crippen molar-refractivity contribution in [3.63, 3.8) is 0 Å². The molecule has 0 saturated carbocycles. The summed E-state index contributed by atoms with van der Waals surface area (Å²) >= 11 is 0. The molecule has 2 aromatic rings. The number of aryl methyl sites for hydroxylation is 1. The molecule has 0 unspecified atom stereocenters. The van der Waals surface area contributed by atoms with Gasteiger partial charge in [0.15, 0.2) is 0 Å². The Balaban J connectivity index is 2.05. The van der Waals surface area contributed by atoms with E-state index < -0.39 is 33.8 Å². The Morgan fingerprint density at radius 2 is 1.53 bits per heavy atom. The summed E-state index contributed by atoms with van der Waals surface area (Å²) in [5.74, 6) is -0.263. The number of aliphatic hydroxyl groups excluding tert-OH is 1. The Bertz CT molecular complexity index is 1330. The lowest BCUT2D eigenvalue weighted by Gasteiger charge is -2.31. The van der Waals surface area contributed by atoms with Gasteiger partial charge in [0.25, 0.3) is 0 Å². The zero-order valence-electron chi connectivity index (χ0n) is 28.6. The quantitative estimate of drug-likeness (QED) is 0.213. The van der Waals surface area contributed by atoms with Crippen LogP contribution in [0.3, 0.4) is 0 Å². The summed E-state index contributed by atoms with van der Waals surface area (Å²) in [6.07, 6.45) is 1.22. The number of ether oxygens (including phenoxy) is 1. The minimum atomic E-state index is -3.81. The summed E-state index contributed by atoms with van der Waals surface area (Å²) in [6, 6.07) is 13.3. The lowest BCUT2D eigenvalue weighted by atomic mass is 9.86. The van der Waals surface area contributed by atoms with Gasteiger partial charge in [-0.05, 0) is 75.1 Å². The predicted octanol–water partition coefficient (Wildman–Crippen LogP) is 5.72. The van der Waals surface area contributed by atoms with E-state index in [4.69, 9.17) is 4.74 Å². The molecule has 0 spiro atoms. The van der Waals surface area contributed by atoms with Crippen molar-refractivity contribution in [1.29, 1.82) is 0 Å². The smallest absolute Gasteiger partial charge is 0.408 e. The SMILES string of the molecule is Cc1ccc(S(=O)(=O)N(CC(C)C)[C@H](CO)CCCCNC(=O)[C@H](Cc2ccc(C(C)(C)C)cc2)NC(=O)OC(C)(C)C)cc1. The number of unbranched alkanes of at least 4 members (excludes halogenated alkanes) is 1. The van der Waals surface area contributed by atoms with E-state index >= 15 is 0 Å². The Kier molecular flexibility index (Phi) is 14.1. The van der Waals surface area contributed by atoms with Gasteiger partial charge in [0.1, 0.15) is 11.6 Å². The molecule has 0 bridgehead atoms. The molecule has 0 heterocycles. The number of nitrogens with zero attached hydrogens (tertiary/aromatic N) is 1. The molecule has 0 aromatic heterocycles. The van der Waals surface area contributed by atoms with E-state index in [9.17, 15) is 23.1 Å². The average Bonchev–Trinajstić information content (AvgIpc) is 2.92. The fourth-order valence-corrected chi connectivity index (χ4v) is 6.66. The van der Waals surface area contributed by atoms with Crippen molar-refractivity contribution in [3.8, 4) is 0 Å². The Morgan fingerprint density at radius 3 is 2.04 bits per heavy atom. The van der Waals surface area contributed by atoms with Crippen LogP contribution < -0.4 is 10.6 Å². The normalized spacial score (nSPS) is 13.9. The highest BCUT2D eigenvalue weighted by atomic mass is 32.2. The molecular weight excluding hydrogens is 590 g/mol. The minimum absolute atomic E-state index is 0.00419. The number of aliphatic hydroxyl groups is 1. The maximum atomic E-state index is 13.5. The van der Waals surface area contributed by atoms with E-state index in [0.29, 0.717) is 32.2 Å². The Hall–Kier alpha value is -2.95. The van der Waals surface area contributed by atoms with Gasteiger partial charge in [-0.2, -0.15) is 4.31 Å². The van der Waals surface area contributed by atoms with E-state index in [1.54, 1.807) is 45.0 Å². The van der Waals surface area contributed by atoms with Gasteiger partial charge in [0.2, 0.25) is 15.9 Å². The lowest BCUT2D eigenvalue weighted by Crippen LogP contribution is -2.49.